The standard InChI is InChI=1S/C54H38N2/c1-5-19-39(20-6-1)45-27-13-14-28-47(45)48-29-15-17-31-52(48)55(43-33-35-46(40-21-7-2-8-22-40)51(37-43)41-23-9-3-10-24-41)44-34-36-50-49-30-16-18-32-53(49)56(54(50)38-44)42-25-11-4-12-26-42/h1-38H. The summed E-state index contributed by atoms with van der Waals surface area (Å²) in [5.41, 5.74) is 16.2. The van der Waals surface area contributed by atoms with Crippen LogP contribution in [0.2, 0.25) is 0 Å². The highest BCUT2D eigenvalue weighted by Gasteiger charge is 2.22. The number of nitrogens with zero attached hydrogens (tertiary/aromatic N) is 2. The highest BCUT2D eigenvalue weighted by atomic mass is 15.1. The van der Waals surface area contributed by atoms with Crippen LogP contribution in [0.5, 0.6) is 0 Å². The molecule has 0 radical (unpaired) electrons. The van der Waals surface area contributed by atoms with Crippen molar-refractivity contribution in [2.75, 3.05) is 4.90 Å². The van der Waals surface area contributed by atoms with Gasteiger partial charge in [-0.2, -0.15) is 0 Å². The van der Waals surface area contributed by atoms with Crippen LogP contribution in [0.1, 0.15) is 0 Å². The molecule has 0 N–H and O–H groups in total. The predicted molar refractivity (Wildman–Crippen MR) is 237 cm³/mol. The molecule has 10 aromatic rings. The van der Waals surface area contributed by atoms with Crippen molar-refractivity contribution in [1.82, 2.24) is 4.57 Å². The van der Waals surface area contributed by atoms with Gasteiger partial charge in [-0.05, 0) is 87.5 Å². The molecule has 56 heavy (non-hydrogen) atoms. The van der Waals surface area contributed by atoms with Crippen molar-refractivity contribution in [1.29, 1.82) is 0 Å². The first-order chi connectivity index (χ1) is 27.8. The zero-order valence-electron chi connectivity index (χ0n) is 30.8. The Kier molecular flexibility index (Phi) is 8.55. The second-order valence-corrected chi connectivity index (χ2v) is 14.1. The molecule has 0 saturated carbocycles. The number of para-hydroxylation sites is 3. The number of hydrogen-bond donors (Lipinski definition) is 0. The maximum Gasteiger partial charge on any atom is 0.0561 e. The van der Waals surface area contributed by atoms with Crippen LogP contribution >= 0.6 is 0 Å². The highest BCUT2D eigenvalue weighted by molar-refractivity contribution is 6.10. The molecule has 1 heterocycles. The number of rotatable bonds is 8. The molecule has 2 heteroatoms. The molecule has 0 aliphatic heterocycles. The molecule has 1 aromatic heterocycles. The summed E-state index contributed by atoms with van der Waals surface area (Å²) in [4.78, 5) is 2.45. The number of fused-ring (bicyclic) bond motifs is 3. The van der Waals surface area contributed by atoms with E-state index in [1.54, 1.807) is 0 Å². The summed E-state index contributed by atoms with van der Waals surface area (Å²) < 4.78 is 2.40. The van der Waals surface area contributed by atoms with E-state index in [-0.39, 0.29) is 0 Å². The number of aromatic nitrogens is 1. The van der Waals surface area contributed by atoms with Gasteiger partial charge in [0.05, 0.1) is 16.7 Å². The Morgan fingerprint density at radius 2 is 0.750 bits per heavy atom. The smallest absolute Gasteiger partial charge is 0.0561 e. The van der Waals surface area contributed by atoms with Crippen LogP contribution < -0.4 is 4.90 Å². The first-order valence-electron chi connectivity index (χ1n) is 19.2. The van der Waals surface area contributed by atoms with Crippen molar-refractivity contribution in [3.8, 4) is 50.2 Å². The van der Waals surface area contributed by atoms with Crippen LogP contribution in [-0.2, 0) is 0 Å². The Bertz CT molecular complexity index is 2950. The van der Waals surface area contributed by atoms with E-state index in [9.17, 15) is 0 Å². The maximum absolute atomic E-state index is 2.45. The molecular weight excluding hydrogens is 677 g/mol. The van der Waals surface area contributed by atoms with Crippen molar-refractivity contribution in [3.05, 3.63) is 231 Å². The largest absolute Gasteiger partial charge is 0.310 e. The first-order valence-corrected chi connectivity index (χ1v) is 19.2. The van der Waals surface area contributed by atoms with E-state index in [0.717, 1.165) is 33.8 Å². The zero-order chi connectivity index (χ0) is 37.3. The van der Waals surface area contributed by atoms with Crippen molar-refractivity contribution >= 4 is 38.9 Å². The molecule has 0 aliphatic rings. The summed E-state index contributed by atoms with van der Waals surface area (Å²) in [5, 5.41) is 2.46. The third-order valence-electron chi connectivity index (χ3n) is 10.8. The molecule has 0 fully saturated rings. The van der Waals surface area contributed by atoms with Crippen LogP contribution in [-0.4, -0.2) is 4.57 Å². The molecule has 0 aliphatic carbocycles. The highest BCUT2D eigenvalue weighted by Crippen LogP contribution is 2.47. The second-order valence-electron chi connectivity index (χ2n) is 14.1. The first kappa shape index (κ1) is 33.2. The van der Waals surface area contributed by atoms with Gasteiger partial charge < -0.3 is 9.47 Å². The molecule has 0 bridgehead atoms. The summed E-state index contributed by atoms with van der Waals surface area (Å²) in [5.74, 6) is 0. The lowest BCUT2D eigenvalue weighted by molar-refractivity contribution is 1.18. The van der Waals surface area contributed by atoms with Crippen LogP contribution in [0.4, 0.5) is 17.1 Å². The van der Waals surface area contributed by atoms with Crippen LogP contribution in [0.3, 0.4) is 0 Å². The zero-order valence-corrected chi connectivity index (χ0v) is 30.8. The van der Waals surface area contributed by atoms with Crippen molar-refractivity contribution in [3.63, 3.8) is 0 Å². The van der Waals surface area contributed by atoms with Gasteiger partial charge in [0.25, 0.3) is 0 Å². The lowest BCUT2D eigenvalue weighted by atomic mass is 9.92. The summed E-state index contributed by atoms with van der Waals surface area (Å²) >= 11 is 0. The SMILES string of the molecule is c1ccc(-c2ccc(N(c3ccc4c5ccccc5n(-c5ccccc5)c4c3)c3ccccc3-c3ccccc3-c3ccccc3)cc2-c2ccccc2)cc1. The molecule has 10 rings (SSSR count). The molecule has 0 spiro atoms. The third-order valence-corrected chi connectivity index (χ3v) is 10.8. The minimum Gasteiger partial charge on any atom is -0.310 e. The Labute approximate surface area is 327 Å². The Hall–Kier alpha value is -7.42. The van der Waals surface area contributed by atoms with Gasteiger partial charge >= 0.3 is 0 Å². The molecule has 264 valence electrons. The molecule has 0 atom stereocenters. The third kappa shape index (κ3) is 5.95. The molecule has 9 aromatic carbocycles. The van der Waals surface area contributed by atoms with Crippen molar-refractivity contribution in [2.24, 2.45) is 0 Å². The summed E-state index contributed by atoms with van der Waals surface area (Å²) in [7, 11) is 0. The van der Waals surface area contributed by atoms with Crippen molar-refractivity contribution < 1.29 is 0 Å². The van der Waals surface area contributed by atoms with Gasteiger partial charge in [0.15, 0.2) is 0 Å². The van der Waals surface area contributed by atoms with Gasteiger partial charge in [-0.25, -0.2) is 0 Å². The average Bonchev–Trinajstić information content (AvgIpc) is 3.61. The van der Waals surface area contributed by atoms with Crippen LogP contribution in [0, 0.1) is 0 Å². The Morgan fingerprint density at radius 1 is 0.286 bits per heavy atom. The van der Waals surface area contributed by atoms with E-state index in [0.29, 0.717) is 0 Å². The fraction of sp³-hybridized carbons (Fsp3) is 0. The average molecular weight is 715 g/mol. The van der Waals surface area contributed by atoms with Gasteiger partial charge in [0, 0.05) is 33.4 Å². The molecule has 2 nitrogen and oxygen atoms in total. The quantitative estimate of drug-likeness (QED) is 0.152. The van der Waals surface area contributed by atoms with E-state index in [1.807, 2.05) is 0 Å². The molecule has 0 amide bonds. The van der Waals surface area contributed by atoms with Gasteiger partial charge in [0.2, 0.25) is 0 Å². The molecular formula is C54H38N2. The van der Waals surface area contributed by atoms with Gasteiger partial charge in [-0.15, -0.1) is 0 Å². The summed E-state index contributed by atoms with van der Waals surface area (Å²) in [6.07, 6.45) is 0. The topological polar surface area (TPSA) is 8.17 Å². The van der Waals surface area contributed by atoms with E-state index in [2.05, 4.69) is 240 Å². The van der Waals surface area contributed by atoms with E-state index in [1.165, 1.54) is 55.2 Å². The fourth-order valence-corrected chi connectivity index (χ4v) is 8.26. The van der Waals surface area contributed by atoms with E-state index < -0.39 is 0 Å². The number of hydrogen-bond acceptors (Lipinski definition) is 1. The Balaban J connectivity index is 1.26. The monoisotopic (exact) mass is 714 g/mol. The summed E-state index contributed by atoms with van der Waals surface area (Å²) in [6.45, 7) is 0. The Morgan fingerprint density at radius 3 is 1.43 bits per heavy atom. The van der Waals surface area contributed by atoms with Crippen LogP contribution in [0.25, 0.3) is 72.0 Å². The van der Waals surface area contributed by atoms with Gasteiger partial charge in [-0.1, -0.05) is 182 Å². The molecule has 0 unspecified atom stereocenters. The maximum atomic E-state index is 2.45. The summed E-state index contributed by atoms with van der Waals surface area (Å²) in [6, 6.07) is 83.1. The molecule has 0 saturated heterocycles. The number of benzene rings is 9. The minimum atomic E-state index is 1.08. The van der Waals surface area contributed by atoms with Crippen molar-refractivity contribution in [2.45, 2.75) is 0 Å². The predicted octanol–water partition coefficient (Wildman–Crippen LogP) is 14.9. The normalized spacial score (nSPS) is 11.2. The number of anilines is 3. The van der Waals surface area contributed by atoms with E-state index in [4.69, 9.17) is 0 Å². The lowest BCUT2D eigenvalue weighted by Gasteiger charge is -2.29. The minimum absolute atomic E-state index is 1.08. The lowest BCUT2D eigenvalue weighted by Crippen LogP contribution is -2.12. The van der Waals surface area contributed by atoms with Gasteiger partial charge in [0.1, 0.15) is 0 Å². The van der Waals surface area contributed by atoms with Crippen LogP contribution in [0.15, 0.2) is 231 Å². The van der Waals surface area contributed by atoms with Gasteiger partial charge in [-0.3, -0.25) is 0 Å². The fourth-order valence-electron chi connectivity index (χ4n) is 8.26. The van der Waals surface area contributed by atoms with E-state index >= 15 is 0 Å². The second kappa shape index (κ2) is 14.4.